The average molecular weight is 874 g/mol. The number of nitrogens with zero attached hydrogens (tertiary/aromatic N) is 9. The van der Waals surface area contributed by atoms with Gasteiger partial charge >= 0.3 is 0 Å². The van der Waals surface area contributed by atoms with Crippen LogP contribution < -0.4 is 4.90 Å². The lowest BCUT2D eigenvalue weighted by molar-refractivity contribution is 0.823. The van der Waals surface area contributed by atoms with Crippen molar-refractivity contribution in [1.29, 1.82) is 0 Å². The van der Waals surface area contributed by atoms with Crippen LogP contribution >= 0.6 is 0 Å². The Balaban J connectivity index is 0.893. The Bertz CT molecular complexity index is 3840. The van der Waals surface area contributed by atoms with Crippen LogP contribution in [0.15, 0.2) is 237 Å². The molecule has 320 valence electrons. The first-order valence-electron chi connectivity index (χ1n) is 22.6. The van der Waals surface area contributed by atoms with E-state index in [1.54, 1.807) is 0 Å². The monoisotopic (exact) mass is 873 g/mol. The minimum Gasteiger partial charge on any atom is -0.311 e. The van der Waals surface area contributed by atoms with E-state index in [0.29, 0.717) is 17.6 Å². The smallest absolute Gasteiger partial charge is 0.255 e. The third-order valence-electron chi connectivity index (χ3n) is 12.6. The fraction of sp³-hybridized carbons (Fsp3) is 0. The van der Waals surface area contributed by atoms with Gasteiger partial charge in [-0.2, -0.15) is 24.8 Å². The van der Waals surface area contributed by atoms with Crippen LogP contribution in [-0.4, -0.2) is 39.1 Å². The van der Waals surface area contributed by atoms with Gasteiger partial charge in [0.05, 0.1) is 40.1 Å². The van der Waals surface area contributed by atoms with Crippen molar-refractivity contribution in [2.24, 2.45) is 0 Å². The number of rotatable bonds is 9. The summed E-state index contributed by atoms with van der Waals surface area (Å²) in [5.74, 6) is 1.61. The van der Waals surface area contributed by atoms with Gasteiger partial charge in [-0.25, -0.2) is 9.67 Å². The molecule has 0 spiro atoms. The fourth-order valence-corrected chi connectivity index (χ4v) is 9.45. The molecule has 4 heterocycles. The highest BCUT2D eigenvalue weighted by Gasteiger charge is 2.21. The van der Waals surface area contributed by atoms with E-state index in [-0.39, 0.29) is 0 Å². The SMILES string of the molecule is c1ccc(-c2nc(-c3ccccc3)nc(-n3ncc4c3ccc3c5cc(-c6ccc7c(cnn7-c7ccc(N(c8ccccc8)c8ccccc8)cc7)c6)ccc5n(-c5ccccc5)c34)n2)cc1. The summed E-state index contributed by atoms with van der Waals surface area (Å²) in [6, 6.07) is 77.8. The molecule has 0 unspecified atom stereocenters. The fourth-order valence-electron chi connectivity index (χ4n) is 9.45. The topological polar surface area (TPSA) is 82.5 Å². The number of hydrogen-bond donors (Lipinski definition) is 0. The zero-order valence-electron chi connectivity index (χ0n) is 36.5. The number of fused-ring (bicyclic) bond motifs is 6. The van der Waals surface area contributed by atoms with Gasteiger partial charge in [-0.1, -0.05) is 127 Å². The van der Waals surface area contributed by atoms with Crippen molar-refractivity contribution in [2.45, 2.75) is 0 Å². The Labute approximate surface area is 391 Å². The van der Waals surface area contributed by atoms with E-state index in [0.717, 1.165) is 94.3 Å². The van der Waals surface area contributed by atoms with Crippen molar-refractivity contribution in [2.75, 3.05) is 4.90 Å². The maximum absolute atomic E-state index is 5.00. The number of aromatic nitrogens is 8. The lowest BCUT2D eigenvalue weighted by Gasteiger charge is -2.25. The minimum atomic E-state index is 0.449. The molecule has 0 radical (unpaired) electrons. The number of benzene rings is 9. The molecule has 9 heteroatoms. The summed E-state index contributed by atoms with van der Waals surface area (Å²) >= 11 is 0. The van der Waals surface area contributed by atoms with Crippen LogP contribution in [0.2, 0.25) is 0 Å². The van der Waals surface area contributed by atoms with Crippen LogP contribution in [0.3, 0.4) is 0 Å². The zero-order valence-corrected chi connectivity index (χ0v) is 36.5. The first kappa shape index (κ1) is 38.9. The van der Waals surface area contributed by atoms with Crippen molar-refractivity contribution < 1.29 is 0 Å². The Kier molecular flexibility index (Phi) is 9.28. The zero-order chi connectivity index (χ0) is 45.0. The van der Waals surface area contributed by atoms with E-state index in [9.17, 15) is 0 Å². The molecule has 0 aliphatic rings. The minimum absolute atomic E-state index is 0.449. The van der Waals surface area contributed by atoms with Crippen LogP contribution in [-0.2, 0) is 0 Å². The molecule has 4 aromatic heterocycles. The van der Waals surface area contributed by atoms with Crippen molar-refractivity contribution in [3.05, 3.63) is 237 Å². The Morgan fingerprint density at radius 2 is 0.868 bits per heavy atom. The molecule has 0 saturated carbocycles. The molecule has 0 atom stereocenters. The third kappa shape index (κ3) is 6.68. The van der Waals surface area contributed by atoms with E-state index < -0.39 is 0 Å². The molecule has 0 N–H and O–H groups in total. The van der Waals surface area contributed by atoms with Crippen LogP contribution in [0.5, 0.6) is 0 Å². The molecule has 0 saturated heterocycles. The van der Waals surface area contributed by atoms with Gasteiger partial charge in [-0.3, -0.25) is 0 Å². The van der Waals surface area contributed by atoms with Gasteiger partial charge in [0.15, 0.2) is 11.6 Å². The summed E-state index contributed by atoms with van der Waals surface area (Å²) in [5.41, 5.74) is 13.5. The summed E-state index contributed by atoms with van der Waals surface area (Å²) in [6.45, 7) is 0. The second-order valence-electron chi connectivity index (χ2n) is 16.7. The number of para-hydroxylation sites is 3. The molecule has 9 aromatic carbocycles. The van der Waals surface area contributed by atoms with Gasteiger partial charge in [-0.05, 0) is 108 Å². The molecule has 13 rings (SSSR count). The summed E-state index contributed by atoms with van der Waals surface area (Å²) in [5, 5.41) is 14.2. The van der Waals surface area contributed by atoms with Gasteiger partial charge < -0.3 is 9.47 Å². The molecular formula is C59H39N9. The van der Waals surface area contributed by atoms with Gasteiger partial charge in [0.1, 0.15) is 0 Å². The van der Waals surface area contributed by atoms with Crippen LogP contribution in [0.25, 0.3) is 94.8 Å². The number of anilines is 3. The summed E-state index contributed by atoms with van der Waals surface area (Å²) in [4.78, 5) is 17.2. The van der Waals surface area contributed by atoms with Gasteiger partial charge in [0.25, 0.3) is 5.95 Å². The number of hydrogen-bond acceptors (Lipinski definition) is 6. The van der Waals surface area contributed by atoms with Crippen molar-refractivity contribution in [1.82, 2.24) is 39.1 Å². The van der Waals surface area contributed by atoms with Crippen molar-refractivity contribution >= 4 is 60.7 Å². The van der Waals surface area contributed by atoms with E-state index in [2.05, 4.69) is 161 Å². The molecule has 0 aliphatic carbocycles. The standard InChI is InChI=1S/C59H39N9/c1-6-16-40(17-7-1)57-62-58(41-18-8-2-9-19-41)64-59(63-57)68-55-35-32-50-51-37-43(27-34-54(51)66(47-24-14-5-15-25-47)56(50)52(55)39-61-68)42-26-33-53-44(36-42)38-60-67(53)49-30-28-48(29-31-49)65(45-20-10-3-11-21-45)46-22-12-4-13-23-46/h1-39H. The maximum Gasteiger partial charge on any atom is 0.255 e. The van der Waals surface area contributed by atoms with Gasteiger partial charge in [0.2, 0.25) is 0 Å². The summed E-state index contributed by atoms with van der Waals surface area (Å²) in [7, 11) is 0. The van der Waals surface area contributed by atoms with E-state index in [4.69, 9.17) is 25.1 Å². The highest BCUT2D eigenvalue weighted by molar-refractivity contribution is 6.19. The quantitative estimate of drug-likeness (QED) is 0.144. The molecule has 13 aromatic rings. The van der Waals surface area contributed by atoms with Crippen molar-refractivity contribution in [3.8, 4) is 51.2 Å². The van der Waals surface area contributed by atoms with Gasteiger partial charge in [-0.15, -0.1) is 0 Å². The molecule has 9 nitrogen and oxygen atoms in total. The predicted octanol–water partition coefficient (Wildman–Crippen LogP) is 14.1. The highest BCUT2D eigenvalue weighted by Crippen LogP contribution is 2.40. The lowest BCUT2D eigenvalue weighted by atomic mass is 10.0. The third-order valence-corrected chi connectivity index (χ3v) is 12.6. The second-order valence-corrected chi connectivity index (χ2v) is 16.7. The molecule has 68 heavy (non-hydrogen) atoms. The second kappa shape index (κ2) is 16.2. The largest absolute Gasteiger partial charge is 0.311 e. The Morgan fingerprint density at radius 3 is 1.50 bits per heavy atom. The molecule has 0 amide bonds. The van der Waals surface area contributed by atoms with Crippen molar-refractivity contribution in [3.63, 3.8) is 0 Å². The van der Waals surface area contributed by atoms with Crippen LogP contribution in [0.4, 0.5) is 17.1 Å². The van der Waals surface area contributed by atoms with Crippen LogP contribution in [0, 0.1) is 0 Å². The Morgan fingerprint density at radius 1 is 0.338 bits per heavy atom. The highest BCUT2D eigenvalue weighted by atomic mass is 15.4. The normalized spacial score (nSPS) is 11.5. The first-order chi connectivity index (χ1) is 33.7. The molecule has 0 fully saturated rings. The lowest BCUT2D eigenvalue weighted by Crippen LogP contribution is -2.09. The summed E-state index contributed by atoms with van der Waals surface area (Å²) < 4.78 is 6.20. The molecule has 0 aliphatic heterocycles. The maximum atomic E-state index is 5.00. The van der Waals surface area contributed by atoms with E-state index in [1.807, 2.05) is 94.6 Å². The van der Waals surface area contributed by atoms with E-state index >= 15 is 0 Å². The average Bonchev–Trinajstić information content (AvgIpc) is 4.14. The predicted molar refractivity (Wildman–Crippen MR) is 274 cm³/mol. The van der Waals surface area contributed by atoms with E-state index in [1.165, 1.54) is 0 Å². The molecule has 0 bridgehead atoms. The van der Waals surface area contributed by atoms with Gasteiger partial charge in [0, 0.05) is 55.4 Å². The molecular weight excluding hydrogens is 835 g/mol. The summed E-state index contributed by atoms with van der Waals surface area (Å²) in [6.07, 6.45) is 3.89. The first-order valence-corrected chi connectivity index (χ1v) is 22.6. The van der Waals surface area contributed by atoms with Crippen LogP contribution in [0.1, 0.15) is 0 Å². The Hall–Kier alpha value is -9.47.